The summed E-state index contributed by atoms with van der Waals surface area (Å²) in [5.41, 5.74) is 6.10. The van der Waals surface area contributed by atoms with E-state index >= 15 is 0 Å². The molecule has 0 aliphatic rings. The molecule has 3 aromatic carbocycles. The van der Waals surface area contributed by atoms with Crippen LogP contribution >= 0.6 is 0 Å². The lowest BCUT2D eigenvalue weighted by Gasteiger charge is -2.09. The number of benzene rings is 3. The molecule has 0 fully saturated rings. The highest BCUT2D eigenvalue weighted by Gasteiger charge is 2.12. The topological polar surface area (TPSA) is 38.7 Å². The molecule has 0 amide bonds. The Morgan fingerprint density at radius 1 is 0.677 bits per heavy atom. The van der Waals surface area contributed by atoms with Crippen molar-refractivity contribution in [3.63, 3.8) is 0 Å². The van der Waals surface area contributed by atoms with Gasteiger partial charge in [0.2, 0.25) is 0 Å². The molecule has 150 valence electrons. The molecule has 0 atom stereocenters. The molecule has 1 aromatic heterocycles. The van der Waals surface area contributed by atoms with Crippen LogP contribution in [0.3, 0.4) is 0 Å². The molecule has 0 radical (unpaired) electrons. The molecular weight excluding hydrogens is 378 g/mol. The summed E-state index contributed by atoms with van der Waals surface area (Å²) in [4.78, 5) is 14.3. The van der Waals surface area contributed by atoms with Crippen LogP contribution in [0.25, 0.3) is 39.7 Å². The lowest BCUT2D eigenvalue weighted by Crippen LogP contribution is -2.00. The van der Waals surface area contributed by atoms with Crippen molar-refractivity contribution in [2.75, 3.05) is 0 Å². The molecule has 0 aliphatic heterocycles. The van der Waals surface area contributed by atoms with Gasteiger partial charge in [-0.25, -0.2) is 15.0 Å². The Morgan fingerprint density at radius 2 is 1.26 bits per heavy atom. The minimum absolute atomic E-state index is 0.643. The van der Waals surface area contributed by atoms with Crippen molar-refractivity contribution in [1.29, 1.82) is 0 Å². The summed E-state index contributed by atoms with van der Waals surface area (Å²) >= 11 is 0. The maximum atomic E-state index is 4.80. The molecule has 0 saturated heterocycles. The lowest BCUT2D eigenvalue weighted by atomic mass is 10.0. The molecule has 0 unspecified atom stereocenters. The number of nitrogens with zero attached hydrogens (tertiary/aromatic N) is 3. The molecule has 0 aliphatic carbocycles. The molecule has 3 heteroatoms. The number of allylic oxidation sites excluding steroid dienone is 4. The average Bonchev–Trinajstić information content (AvgIpc) is 2.83. The number of aromatic nitrogens is 3. The van der Waals surface area contributed by atoms with Crippen molar-refractivity contribution in [3.8, 4) is 34.2 Å². The van der Waals surface area contributed by atoms with E-state index in [1.165, 1.54) is 0 Å². The van der Waals surface area contributed by atoms with Gasteiger partial charge in [-0.15, -0.1) is 0 Å². The van der Waals surface area contributed by atoms with E-state index in [1.54, 1.807) is 6.08 Å². The summed E-state index contributed by atoms with van der Waals surface area (Å²) in [6.45, 7) is 9.72. The van der Waals surface area contributed by atoms with E-state index in [4.69, 9.17) is 15.0 Å². The van der Waals surface area contributed by atoms with Crippen molar-refractivity contribution in [1.82, 2.24) is 15.0 Å². The van der Waals surface area contributed by atoms with E-state index in [0.29, 0.717) is 17.5 Å². The van der Waals surface area contributed by atoms with Crippen LogP contribution in [-0.4, -0.2) is 15.0 Å². The summed E-state index contributed by atoms with van der Waals surface area (Å²) in [7, 11) is 0. The van der Waals surface area contributed by atoms with Crippen molar-refractivity contribution in [2.45, 2.75) is 6.92 Å². The van der Waals surface area contributed by atoms with Gasteiger partial charge < -0.3 is 0 Å². The summed E-state index contributed by atoms with van der Waals surface area (Å²) in [6, 6.07) is 26.3. The minimum Gasteiger partial charge on any atom is -0.208 e. The third-order valence-corrected chi connectivity index (χ3v) is 4.94. The van der Waals surface area contributed by atoms with Gasteiger partial charge in [0.1, 0.15) is 0 Å². The second-order valence-corrected chi connectivity index (χ2v) is 7.18. The van der Waals surface area contributed by atoms with Crippen molar-refractivity contribution >= 4 is 5.57 Å². The zero-order valence-corrected chi connectivity index (χ0v) is 17.5. The highest BCUT2D eigenvalue weighted by molar-refractivity contribution is 5.76. The second kappa shape index (κ2) is 9.14. The van der Waals surface area contributed by atoms with Gasteiger partial charge in [-0.05, 0) is 24.1 Å². The first-order chi connectivity index (χ1) is 15.2. The predicted octanol–water partition coefficient (Wildman–Crippen LogP) is 6.94. The van der Waals surface area contributed by atoms with Gasteiger partial charge in [0.25, 0.3) is 0 Å². The van der Waals surface area contributed by atoms with E-state index in [-0.39, 0.29) is 0 Å². The van der Waals surface area contributed by atoms with Crippen LogP contribution in [0.2, 0.25) is 0 Å². The number of hydrogen-bond donors (Lipinski definition) is 0. The monoisotopic (exact) mass is 401 g/mol. The minimum atomic E-state index is 0.643. The largest absolute Gasteiger partial charge is 0.208 e. The first kappa shape index (κ1) is 20.2. The summed E-state index contributed by atoms with van der Waals surface area (Å²) in [5, 5.41) is 0. The molecule has 0 N–H and O–H groups in total. The third kappa shape index (κ3) is 4.57. The van der Waals surface area contributed by atoms with Gasteiger partial charge in [-0.3, -0.25) is 0 Å². The molecule has 31 heavy (non-hydrogen) atoms. The molecule has 0 saturated carbocycles. The van der Waals surface area contributed by atoms with Crippen LogP contribution in [0.15, 0.2) is 110 Å². The number of hydrogen-bond acceptors (Lipinski definition) is 3. The van der Waals surface area contributed by atoms with Gasteiger partial charge >= 0.3 is 0 Å². The Bertz CT molecular complexity index is 1250. The van der Waals surface area contributed by atoms with Gasteiger partial charge in [0.05, 0.1) is 0 Å². The summed E-state index contributed by atoms with van der Waals surface area (Å²) in [6.07, 6.45) is 5.52. The Hall–Kier alpha value is -4.11. The average molecular weight is 402 g/mol. The van der Waals surface area contributed by atoms with Gasteiger partial charge in [-0.2, -0.15) is 0 Å². The SMILES string of the molecule is C=C/C=C(\C=C)c1ccc(-c2nc(-c3ccccc3)nc(-c3cccc(C)c3)n2)cc1. The fraction of sp³-hybridized carbons (Fsp3) is 0.0357. The van der Waals surface area contributed by atoms with Gasteiger partial charge in [0.15, 0.2) is 17.5 Å². The Balaban J connectivity index is 1.83. The fourth-order valence-corrected chi connectivity index (χ4v) is 3.36. The van der Waals surface area contributed by atoms with Crippen LogP contribution in [0.4, 0.5) is 0 Å². The second-order valence-electron chi connectivity index (χ2n) is 7.18. The molecule has 3 nitrogen and oxygen atoms in total. The van der Waals surface area contributed by atoms with Crippen LogP contribution < -0.4 is 0 Å². The molecular formula is C28H23N3. The zero-order valence-electron chi connectivity index (χ0n) is 17.5. The van der Waals surface area contributed by atoms with Crippen molar-refractivity contribution in [3.05, 3.63) is 121 Å². The molecule has 4 aromatic rings. The Kier molecular flexibility index (Phi) is 5.95. The highest BCUT2D eigenvalue weighted by Crippen LogP contribution is 2.26. The van der Waals surface area contributed by atoms with Crippen molar-refractivity contribution in [2.24, 2.45) is 0 Å². The fourth-order valence-electron chi connectivity index (χ4n) is 3.36. The summed E-state index contributed by atoms with van der Waals surface area (Å²) < 4.78 is 0. The number of rotatable bonds is 6. The zero-order chi connectivity index (χ0) is 21.6. The Morgan fingerprint density at radius 3 is 1.84 bits per heavy atom. The lowest BCUT2D eigenvalue weighted by molar-refractivity contribution is 1.07. The van der Waals surface area contributed by atoms with E-state index in [0.717, 1.165) is 33.4 Å². The quantitative estimate of drug-likeness (QED) is 0.329. The maximum Gasteiger partial charge on any atom is 0.164 e. The van der Waals surface area contributed by atoms with Crippen LogP contribution in [-0.2, 0) is 0 Å². The third-order valence-electron chi connectivity index (χ3n) is 4.94. The van der Waals surface area contributed by atoms with Crippen LogP contribution in [0, 0.1) is 6.92 Å². The van der Waals surface area contributed by atoms with Crippen LogP contribution in [0.1, 0.15) is 11.1 Å². The number of aryl methyl sites for hydroxylation is 1. The van der Waals surface area contributed by atoms with Gasteiger partial charge in [-0.1, -0.05) is 110 Å². The first-order valence-corrected chi connectivity index (χ1v) is 10.1. The normalized spacial score (nSPS) is 11.2. The first-order valence-electron chi connectivity index (χ1n) is 10.1. The highest BCUT2D eigenvalue weighted by atomic mass is 15.0. The van der Waals surface area contributed by atoms with E-state index in [9.17, 15) is 0 Å². The van der Waals surface area contributed by atoms with E-state index in [1.807, 2.05) is 78.9 Å². The summed E-state index contributed by atoms with van der Waals surface area (Å²) in [5.74, 6) is 1.96. The molecule has 4 rings (SSSR count). The van der Waals surface area contributed by atoms with Crippen LogP contribution in [0.5, 0.6) is 0 Å². The maximum absolute atomic E-state index is 4.80. The standard InChI is InChI=1S/C28H23N3/c1-4-10-21(5-2)22-15-17-24(18-16-22)27-29-26(23-12-7-6-8-13-23)30-28(31-27)25-14-9-11-20(3)19-25/h4-19H,1-2H2,3H3/b21-10+. The Labute approximate surface area is 183 Å². The van der Waals surface area contributed by atoms with E-state index in [2.05, 4.69) is 32.2 Å². The molecule has 0 spiro atoms. The smallest absolute Gasteiger partial charge is 0.164 e. The van der Waals surface area contributed by atoms with Gasteiger partial charge in [0, 0.05) is 16.7 Å². The molecule has 0 bridgehead atoms. The van der Waals surface area contributed by atoms with Crippen molar-refractivity contribution < 1.29 is 0 Å². The molecule has 1 heterocycles. The van der Waals surface area contributed by atoms with E-state index < -0.39 is 0 Å². The predicted molar refractivity (Wildman–Crippen MR) is 129 cm³/mol.